The molecule has 0 saturated carbocycles. The number of alkyl halides is 1. The minimum Gasteiger partial charge on any atom is -0.483 e. The van der Waals surface area contributed by atoms with E-state index in [-0.39, 0.29) is 11.9 Å². The summed E-state index contributed by atoms with van der Waals surface area (Å²) < 4.78 is 19.1. The Balaban J connectivity index is 2.16. The highest BCUT2D eigenvalue weighted by Gasteiger charge is 2.16. The van der Waals surface area contributed by atoms with Crippen LogP contribution in [0.4, 0.5) is 4.39 Å². The van der Waals surface area contributed by atoms with Gasteiger partial charge < -0.3 is 4.74 Å². The molecule has 2 rings (SSSR count). The summed E-state index contributed by atoms with van der Waals surface area (Å²) in [6.07, 6.45) is 0.679. The molecule has 1 unspecified atom stereocenters. The van der Waals surface area contributed by atoms with Crippen LogP contribution in [-0.4, -0.2) is 4.98 Å². The lowest BCUT2D eigenvalue weighted by Gasteiger charge is -2.15. The SMILES string of the molecule is CCC(Oc1ccc(F)c(C)c1)c1nc(CCl)cs1. The second kappa shape index (κ2) is 6.35. The van der Waals surface area contributed by atoms with E-state index < -0.39 is 0 Å². The van der Waals surface area contributed by atoms with E-state index in [9.17, 15) is 4.39 Å². The lowest BCUT2D eigenvalue weighted by molar-refractivity contribution is 0.200. The van der Waals surface area contributed by atoms with Crippen molar-refractivity contribution in [3.63, 3.8) is 0 Å². The minimum absolute atomic E-state index is 0.119. The van der Waals surface area contributed by atoms with Gasteiger partial charge >= 0.3 is 0 Å². The molecule has 5 heteroatoms. The molecule has 0 spiro atoms. The summed E-state index contributed by atoms with van der Waals surface area (Å²) in [5, 5.41) is 2.84. The van der Waals surface area contributed by atoms with Gasteiger partial charge in [-0.15, -0.1) is 22.9 Å². The maximum Gasteiger partial charge on any atom is 0.150 e. The van der Waals surface area contributed by atoms with E-state index in [4.69, 9.17) is 16.3 Å². The van der Waals surface area contributed by atoms with E-state index in [1.807, 2.05) is 12.3 Å². The van der Waals surface area contributed by atoms with Gasteiger partial charge in [-0.2, -0.15) is 0 Å². The molecule has 0 fully saturated rings. The number of benzene rings is 1. The topological polar surface area (TPSA) is 22.1 Å². The van der Waals surface area contributed by atoms with Crippen LogP contribution in [0.5, 0.6) is 5.75 Å². The summed E-state index contributed by atoms with van der Waals surface area (Å²) in [6, 6.07) is 4.76. The Labute approximate surface area is 121 Å². The molecule has 0 amide bonds. The molecule has 0 aliphatic heterocycles. The Hall–Kier alpha value is -1.13. The Morgan fingerprint density at radius 2 is 2.26 bits per heavy atom. The summed E-state index contributed by atoms with van der Waals surface area (Å²) >= 11 is 7.29. The van der Waals surface area contributed by atoms with Crippen LogP contribution in [0.3, 0.4) is 0 Å². The third-order valence-electron chi connectivity index (χ3n) is 2.76. The lowest BCUT2D eigenvalue weighted by Crippen LogP contribution is -2.06. The molecule has 0 aliphatic carbocycles. The van der Waals surface area contributed by atoms with Crippen molar-refractivity contribution in [2.75, 3.05) is 0 Å². The minimum atomic E-state index is -0.223. The smallest absolute Gasteiger partial charge is 0.150 e. The monoisotopic (exact) mass is 299 g/mol. The van der Waals surface area contributed by atoms with Crippen LogP contribution in [0.2, 0.25) is 0 Å². The number of rotatable bonds is 5. The van der Waals surface area contributed by atoms with Gasteiger partial charge in [0, 0.05) is 5.38 Å². The fourth-order valence-corrected chi connectivity index (χ4v) is 2.85. The van der Waals surface area contributed by atoms with Gasteiger partial charge in [0.1, 0.15) is 22.7 Å². The van der Waals surface area contributed by atoms with Gasteiger partial charge in [-0.25, -0.2) is 9.37 Å². The van der Waals surface area contributed by atoms with E-state index in [0.29, 0.717) is 17.2 Å². The summed E-state index contributed by atoms with van der Waals surface area (Å²) in [5.74, 6) is 0.843. The maximum absolute atomic E-state index is 13.2. The largest absolute Gasteiger partial charge is 0.483 e. The number of nitrogens with zero attached hydrogens (tertiary/aromatic N) is 1. The first-order valence-corrected chi connectivity index (χ1v) is 7.48. The molecule has 19 heavy (non-hydrogen) atoms. The van der Waals surface area contributed by atoms with Crippen molar-refractivity contribution in [1.29, 1.82) is 0 Å². The number of hydrogen-bond donors (Lipinski definition) is 0. The van der Waals surface area contributed by atoms with Crippen LogP contribution in [0, 0.1) is 12.7 Å². The Morgan fingerprint density at radius 1 is 1.47 bits per heavy atom. The Kier molecular flexibility index (Phi) is 4.77. The average molecular weight is 300 g/mol. The Bertz CT molecular complexity index is 558. The highest BCUT2D eigenvalue weighted by molar-refractivity contribution is 7.09. The highest BCUT2D eigenvalue weighted by atomic mass is 35.5. The summed E-state index contributed by atoms with van der Waals surface area (Å²) in [4.78, 5) is 4.42. The van der Waals surface area contributed by atoms with E-state index in [0.717, 1.165) is 17.1 Å². The first kappa shape index (κ1) is 14.3. The standard InChI is InChI=1S/C14H15ClFNOS/c1-3-13(14-17-10(7-15)8-19-14)18-11-4-5-12(16)9(2)6-11/h4-6,8,13H,3,7H2,1-2H3. The second-order valence-corrected chi connectivity index (χ2v) is 5.39. The normalized spacial score (nSPS) is 12.4. The van der Waals surface area contributed by atoms with Crippen molar-refractivity contribution in [3.8, 4) is 5.75 Å². The zero-order chi connectivity index (χ0) is 13.8. The van der Waals surface area contributed by atoms with Crippen molar-refractivity contribution in [1.82, 2.24) is 4.98 Å². The number of thiazole rings is 1. The van der Waals surface area contributed by atoms with Crippen LogP contribution in [0.25, 0.3) is 0 Å². The molecule has 1 heterocycles. The van der Waals surface area contributed by atoms with Crippen LogP contribution < -0.4 is 4.74 Å². The molecule has 1 atom stereocenters. The number of halogens is 2. The van der Waals surface area contributed by atoms with Crippen LogP contribution >= 0.6 is 22.9 Å². The molecule has 0 N–H and O–H groups in total. The van der Waals surface area contributed by atoms with Gasteiger partial charge in [0.15, 0.2) is 0 Å². The zero-order valence-electron chi connectivity index (χ0n) is 10.8. The quantitative estimate of drug-likeness (QED) is 0.736. The fraction of sp³-hybridized carbons (Fsp3) is 0.357. The first-order valence-electron chi connectivity index (χ1n) is 6.07. The molecule has 1 aromatic heterocycles. The van der Waals surface area contributed by atoms with E-state index in [1.165, 1.54) is 17.4 Å². The van der Waals surface area contributed by atoms with Gasteiger partial charge in [0.2, 0.25) is 0 Å². The first-order chi connectivity index (χ1) is 9.13. The third kappa shape index (κ3) is 3.45. The van der Waals surface area contributed by atoms with E-state index >= 15 is 0 Å². The fourth-order valence-electron chi connectivity index (χ4n) is 1.70. The molecule has 2 aromatic rings. The molecule has 1 aromatic carbocycles. The molecular weight excluding hydrogens is 285 g/mol. The molecule has 2 nitrogen and oxygen atoms in total. The average Bonchev–Trinajstić information content (AvgIpc) is 2.88. The molecule has 0 saturated heterocycles. The van der Waals surface area contributed by atoms with Crippen molar-refractivity contribution in [2.45, 2.75) is 32.3 Å². The lowest BCUT2D eigenvalue weighted by atomic mass is 10.2. The van der Waals surface area contributed by atoms with Gasteiger partial charge in [-0.3, -0.25) is 0 Å². The molecule has 0 radical (unpaired) electrons. The van der Waals surface area contributed by atoms with Gasteiger partial charge in [-0.05, 0) is 37.1 Å². The highest BCUT2D eigenvalue weighted by Crippen LogP contribution is 2.28. The summed E-state index contributed by atoms with van der Waals surface area (Å²) in [7, 11) is 0. The van der Waals surface area contributed by atoms with E-state index in [2.05, 4.69) is 4.98 Å². The predicted molar refractivity (Wildman–Crippen MR) is 76.5 cm³/mol. The number of aryl methyl sites for hydroxylation is 1. The van der Waals surface area contributed by atoms with E-state index in [1.54, 1.807) is 19.1 Å². The number of hydrogen-bond acceptors (Lipinski definition) is 3. The van der Waals surface area contributed by atoms with Crippen molar-refractivity contribution in [2.24, 2.45) is 0 Å². The number of aromatic nitrogens is 1. The van der Waals surface area contributed by atoms with Crippen molar-refractivity contribution in [3.05, 3.63) is 45.7 Å². The molecule has 102 valence electrons. The molecule has 0 aliphatic rings. The Morgan fingerprint density at radius 3 is 2.84 bits per heavy atom. The van der Waals surface area contributed by atoms with Crippen LogP contribution in [-0.2, 0) is 5.88 Å². The molecular formula is C14H15ClFNOS. The predicted octanol–water partition coefficient (Wildman–Crippen LogP) is 4.86. The van der Waals surface area contributed by atoms with Gasteiger partial charge in [0.25, 0.3) is 0 Å². The van der Waals surface area contributed by atoms with Crippen LogP contribution in [0.1, 0.15) is 35.7 Å². The summed E-state index contributed by atoms with van der Waals surface area (Å²) in [6.45, 7) is 3.75. The third-order valence-corrected chi connectivity index (χ3v) is 4.02. The zero-order valence-corrected chi connectivity index (χ0v) is 12.4. The number of ether oxygens (including phenoxy) is 1. The van der Waals surface area contributed by atoms with Crippen LogP contribution in [0.15, 0.2) is 23.6 Å². The molecule has 0 bridgehead atoms. The van der Waals surface area contributed by atoms with Crippen molar-refractivity contribution < 1.29 is 9.13 Å². The van der Waals surface area contributed by atoms with Gasteiger partial charge in [0.05, 0.1) is 11.6 Å². The van der Waals surface area contributed by atoms with Gasteiger partial charge in [-0.1, -0.05) is 6.92 Å². The second-order valence-electron chi connectivity index (χ2n) is 4.24. The van der Waals surface area contributed by atoms with Crippen molar-refractivity contribution >= 4 is 22.9 Å². The summed E-state index contributed by atoms with van der Waals surface area (Å²) in [5.41, 5.74) is 1.44. The maximum atomic E-state index is 13.2.